The fourth-order valence-electron chi connectivity index (χ4n) is 1.02. The van der Waals surface area contributed by atoms with E-state index in [0.717, 1.165) is 12.1 Å². The molecule has 1 rings (SSSR count). The van der Waals surface area contributed by atoms with Crippen LogP contribution in [-0.2, 0) is 11.1 Å². The van der Waals surface area contributed by atoms with Crippen molar-refractivity contribution >= 4 is 17.0 Å². The molecule has 6 heteroatoms. The van der Waals surface area contributed by atoms with Crippen molar-refractivity contribution in [2.24, 2.45) is 0 Å². The van der Waals surface area contributed by atoms with Crippen molar-refractivity contribution in [2.75, 3.05) is 0 Å². The third-order valence-corrected chi connectivity index (χ3v) is 2.44. The molecule has 1 N–H and O–H groups in total. The Labute approximate surface area is 81.7 Å². The number of carboxylic acid groups (broad SMARTS) is 1. The summed E-state index contributed by atoms with van der Waals surface area (Å²) < 4.78 is 34.2. The molecule has 76 valence electrons. The van der Waals surface area contributed by atoms with Crippen LogP contribution >= 0.6 is 0 Å². The lowest BCUT2D eigenvalue weighted by molar-refractivity contribution is 0.0695. The first-order valence-electron chi connectivity index (χ1n) is 3.56. The molecule has 1 unspecified atom stereocenters. The summed E-state index contributed by atoms with van der Waals surface area (Å²) in [5.74, 6) is -2.30. The van der Waals surface area contributed by atoms with Gasteiger partial charge in [0.15, 0.2) is 0 Å². The van der Waals surface area contributed by atoms with Crippen LogP contribution < -0.4 is 0 Å². The van der Waals surface area contributed by atoms with Gasteiger partial charge < -0.3 is 9.66 Å². The summed E-state index contributed by atoms with van der Waals surface area (Å²) in [6.45, 7) is 1.22. The lowest BCUT2D eigenvalue weighted by atomic mass is 10.1. The number of benzene rings is 1. The van der Waals surface area contributed by atoms with E-state index in [-0.39, 0.29) is 11.1 Å². The highest BCUT2D eigenvalue weighted by molar-refractivity contribution is 7.79. The summed E-state index contributed by atoms with van der Waals surface area (Å²) in [5, 5.41) is 8.60. The molecule has 0 aliphatic heterocycles. The third-order valence-electron chi connectivity index (χ3n) is 1.76. The molecule has 0 aromatic heterocycles. The summed E-state index contributed by atoms with van der Waals surface area (Å²) in [7, 11) is 0. The van der Waals surface area contributed by atoms with Gasteiger partial charge >= 0.3 is 5.97 Å². The Hall–Kier alpha value is -1.27. The monoisotopic (exact) mass is 217 g/mol. The van der Waals surface area contributed by atoms with Crippen LogP contribution in [0.2, 0.25) is 0 Å². The topological polar surface area (TPSA) is 77.4 Å². The second kappa shape index (κ2) is 3.85. The molecular formula is C8H6FO4S-. The SMILES string of the molecule is Cc1c(C(=O)O)ccc(S(=O)[O-])c1F. The van der Waals surface area contributed by atoms with Crippen molar-refractivity contribution in [3.8, 4) is 0 Å². The summed E-state index contributed by atoms with van der Waals surface area (Å²) >= 11 is -2.69. The Balaban J connectivity index is 3.41. The van der Waals surface area contributed by atoms with E-state index >= 15 is 0 Å². The molecule has 0 saturated carbocycles. The van der Waals surface area contributed by atoms with E-state index < -0.39 is 27.8 Å². The number of carboxylic acids is 1. The number of hydrogen-bond donors (Lipinski definition) is 1. The molecule has 14 heavy (non-hydrogen) atoms. The van der Waals surface area contributed by atoms with E-state index in [1.165, 1.54) is 6.92 Å². The maximum Gasteiger partial charge on any atom is 0.336 e. The molecule has 0 spiro atoms. The van der Waals surface area contributed by atoms with Crippen LogP contribution in [0.15, 0.2) is 17.0 Å². The molecule has 0 heterocycles. The highest BCUT2D eigenvalue weighted by Crippen LogP contribution is 2.19. The van der Waals surface area contributed by atoms with Gasteiger partial charge in [-0.2, -0.15) is 0 Å². The minimum absolute atomic E-state index is 0.181. The van der Waals surface area contributed by atoms with Gasteiger partial charge in [-0.1, -0.05) is 0 Å². The van der Waals surface area contributed by atoms with Crippen LogP contribution in [0.5, 0.6) is 0 Å². The molecule has 4 nitrogen and oxygen atoms in total. The number of carbonyl (C=O) groups is 1. The van der Waals surface area contributed by atoms with E-state index in [2.05, 4.69) is 0 Å². The standard InChI is InChI=1S/C8H7FO4S/c1-4-5(8(10)11)2-3-6(7(4)9)14(12)13/h2-3H,1H3,(H,10,11)(H,12,13)/p-1. The van der Waals surface area contributed by atoms with Crippen LogP contribution in [0.1, 0.15) is 15.9 Å². The molecule has 0 aliphatic carbocycles. The van der Waals surface area contributed by atoms with Gasteiger partial charge in [0.25, 0.3) is 0 Å². The predicted octanol–water partition coefficient (Wildman–Crippen LogP) is 1.07. The minimum Gasteiger partial charge on any atom is -0.768 e. The summed E-state index contributed by atoms with van der Waals surface area (Å²) in [4.78, 5) is 10.0. The molecule has 1 aromatic carbocycles. The Kier molecular flexibility index (Phi) is 2.97. The molecule has 0 bridgehead atoms. The van der Waals surface area contributed by atoms with Gasteiger partial charge in [-0.3, -0.25) is 4.21 Å². The van der Waals surface area contributed by atoms with Crippen molar-refractivity contribution in [3.05, 3.63) is 29.1 Å². The highest BCUT2D eigenvalue weighted by atomic mass is 32.2. The zero-order chi connectivity index (χ0) is 10.9. The van der Waals surface area contributed by atoms with Crippen LogP contribution in [0.4, 0.5) is 4.39 Å². The van der Waals surface area contributed by atoms with Crippen molar-refractivity contribution in [1.29, 1.82) is 0 Å². The molecule has 1 atom stereocenters. The van der Waals surface area contributed by atoms with E-state index in [1.54, 1.807) is 0 Å². The first kappa shape index (κ1) is 10.8. The van der Waals surface area contributed by atoms with Gasteiger partial charge in [-0.25, -0.2) is 9.18 Å². The maximum absolute atomic E-state index is 13.2. The van der Waals surface area contributed by atoms with Crippen molar-refractivity contribution < 1.29 is 23.1 Å². The Morgan fingerprint density at radius 3 is 2.57 bits per heavy atom. The van der Waals surface area contributed by atoms with Crippen LogP contribution in [0, 0.1) is 12.7 Å². The van der Waals surface area contributed by atoms with Gasteiger partial charge in [-0.05, 0) is 30.1 Å². The van der Waals surface area contributed by atoms with Crippen LogP contribution in [0.3, 0.4) is 0 Å². The van der Waals surface area contributed by atoms with Gasteiger partial charge in [0.2, 0.25) is 0 Å². The Morgan fingerprint density at radius 2 is 2.14 bits per heavy atom. The zero-order valence-electron chi connectivity index (χ0n) is 7.11. The van der Waals surface area contributed by atoms with Crippen molar-refractivity contribution in [2.45, 2.75) is 11.8 Å². The summed E-state index contributed by atoms with van der Waals surface area (Å²) in [6, 6.07) is 1.99. The van der Waals surface area contributed by atoms with Crippen molar-refractivity contribution in [1.82, 2.24) is 0 Å². The normalized spacial score (nSPS) is 12.5. The Bertz CT molecular complexity index is 377. The number of hydrogen-bond acceptors (Lipinski definition) is 3. The number of aromatic carboxylic acids is 1. The minimum atomic E-state index is -2.69. The quantitative estimate of drug-likeness (QED) is 0.751. The van der Waals surface area contributed by atoms with E-state index in [4.69, 9.17) is 5.11 Å². The van der Waals surface area contributed by atoms with E-state index in [1.807, 2.05) is 0 Å². The van der Waals surface area contributed by atoms with Gasteiger partial charge in [0, 0.05) is 5.56 Å². The largest absolute Gasteiger partial charge is 0.768 e. The van der Waals surface area contributed by atoms with E-state index in [0.29, 0.717) is 0 Å². The van der Waals surface area contributed by atoms with Crippen LogP contribution in [0.25, 0.3) is 0 Å². The molecule has 1 aromatic rings. The smallest absolute Gasteiger partial charge is 0.336 e. The highest BCUT2D eigenvalue weighted by Gasteiger charge is 2.14. The maximum atomic E-state index is 13.2. The second-order valence-electron chi connectivity index (χ2n) is 2.59. The molecule has 0 amide bonds. The average molecular weight is 217 g/mol. The fraction of sp³-hybridized carbons (Fsp3) is 0.125. The first-order chi connectivity index (χ1) is 6.45. The average Bonchev–Trinajstić information content (AvgIpc) is 2.08. The van der Waals surface area contributed by atoms with Crippen molar-refractivity contribution in [3.63, 3.8) is 0 Å². The van der Waals surface area contributed by atoms with E-state index in [9.17, 15) is 17.9 Å². The van der Waals surface area contributed by atoms with Crippen LogP contribution in [-0.4, -0.2) is 19.8 Å². The predicted molar refractivity (Wildman–Crippen MR) is 45.3 cm³/mol. The molecule has 0 aliphatic rings. The summed E-state index contributed by atoms with van der Waals surface area (Å²) in [6.07, 6.45) is 0. The summed E-state index contributed by atoms with van der Waals surface area (Å²) in [5.41, 5.74) is -0.420. The van der Waals surface area contributed by atoms with Gasteiger partial charge in [0.1, 0.15) is 5.82 Å². The molecule has 0 saturated heterocycles. The fourth-order valence-corrected chi connectivity index (χ4v) is 1.50. The number of rotatable bonds is 2. The molecule has 0 radical (unpaired) electrons. The lowest BCUT2D eigenvalue weighted by Gasteiger charge is -2.09. The van der Waals surface area contributed by atoms with Gasteiger partial charge in [-0.15, -0.1) is 0 Å². The Morgan fingerprint density at radius 1 is 1.57 bits per heavy atom. The lowest BCUT2D eigenvalue weighted by Crippen LogP contribution is -2.05. The second-order valence-corrected chi connectivity index (χ2v) is 3.50. The molecule has 0 fully saturated rings. The zero-order valence-corrected chi connectivity index (χ0v) is 7.93. The first-order valence-corrected chi connectivity index (χ1v) is 4.64. The van der Waals surface area contributed by atoms with Gasteiger partial charge in [0.05, 0.1) is 10.5 Å². The molecular weight excluding hydrogens is 211 g/mol. The number of halogens is 1. The third kappa shape index (κ3) is 1.80.